The molecule has 0 atom stereocenters. The first-order valence-electron chi connectivity index (χ1n) is 6.52. The molecule has 8 heteroatoms. The first-order chi connectivity index (χ1) is 10.6. The van der Waals surface area contributed by atoms with Crippen LogP contribution in [0.4, 0.5) is 0 Å². The SMILES string of the molecule is Cc1ccc(S(=O)(=O)c2cn(Cc3cnccn3)nn2)cc1. The standard InChI is InChI=1S/C14H13N5O2S/c1-11-2-4-13(5-3-11)22(20,21)14-10-19(18-17-14)9-12-8-15-6-7-16-12/h2-8,10H,9H2,1H3. The predicted molar refractivity (Wildman–Crippen MR) is 77.8 cm³/mol. The van der Waals surface area contributed by atoms with Gasteiger partial charge < -0.3 is 0 Å². The summed E-state index contributed by atoms with van der Waals surface area (Å²) in [6, 6.07) is 6.62. The van der Waals surface area contributed by atoms with Gasteiger partial charge >= 0.3 is 0 Å². The Labute approximate surface area is 127 Å². The van der Waals surface area contributed by atoms with Gasteiger partial charge in [0, 0.05) is 12.4 Å². The van der Waals surface area contributed by atoms with Crippen molar-refractivity contribution < 1.29 is 8.42 Å². The number of aromatic nitrogens is 5. The molecule has 0 aliphatic rings. The highest BCUT2D eigenvalue weighted by Gasteiger charge is 2.21. The Morgan fingerprint density at radius 1 is 1.14 bits per heavy atom. The molecule has 0 saturated heterocycles. The van der Waals surface area contributed by atoms with E-state index in [4.69, 9.17) is 0 Å². The summed E-state index contributed by atoms with van der Waals surface area (Å²) < 4.78 is 26.4. The van der Waals surface area contributed by atoms with Crippen molar-refractivity contribution in [3.63, 3.8) is 0 Å². The van der Waals surface area contributed by atoms with E-state index in [-0.39, 0.29) is 9.92 Å². The average molecular weight is 315 g/mol. The van der Waals surface area contributed by atoms with Crippen LogP contribution in [0, 0.1) is 6.92 Å². The lowest BCUT2D eigenvalue weighted by atomic mass is 10.2. The van der Waals surface area contributed by atoms with Gasteiger partial charge in [-0.3, -0.25) is 9.97 Å². The van der Waals surface area contributed by atoms with E-state index in [0.717, 1.165) is 5.56 Å². The summed E-state index contributed by atoms with van der Waals surface area (Å²) in [5.41, 5.74) is 1.66. The molecular formula is C14H13N5O2S. The number of sulfone groups is 1. The molecule has 3 rings (SSSR count). The predicted octanol–water partition coefficient (Wildman–Crippen LogP) is 1.26. The van der Waals surface area contributed by atoms with Crippen molar-refractivity contribution >= 4 is 9.84 Å². The summed E-state index contributed by atoms with van der Waals surface area (Å²) in [5, 5.41) is 7.52. The fraction of sp³-hybridized carbons (Fsp3) is 0.143. The van der Waals surface area contributed by atoms with Crippen molar-refractivity contribution in [2.45, 2.75) is 23.4 Å². The molecule has 2 heterocycles. The number of nitrogens with zero attached hydrogens (tertiary/aromatic N) is 5. The van der Waals surface area contributed by atoms with Gasteiger partial charge in [0.15, 0.2) is 0 Å². The third kappa shape index (κ3) is 2.86. The van der Waals surface area contributed by atoms with Crippen molar-refractivity contribution in [3.05, 3.63) is 60.3 Å². The molecule has 2 aromatic heterocycles. The van der Waals surface area contributed by atoms with Gasteiger partial charge in [-0.05, 0) is 19.1 Å². The second kappa shape index (κ2) is 5.64. The highest BCUT2D eigenvalue weighted by molar-refractivity contribution is 7.91. The second-order valence-electron chi connectivity index (χ2n) is 4.77. The molecule has 3 aromatic rings. The highest BCUT2D eigenvalue weighted by atomic mass is 32.2. The van der Waals surface area contributed by atoms with Crippen LogP contribution in [0.3, 0.4) is 0 Å². The highest BCUT2D eigenvalue weighted by Crippen LogP contribution is 2.18. The quantitative estimate of drug-likeness (QED) is 0.720. The molecule has 0 aliphatic carbocycles. The minimum Gasteiger partial charge on any atom is -0.261 e. The lowest BCUT2D eigenvalue weighted by Crippen LogP contribution is -2.03. The van der Waals surface area contributed by atoms with Crippen LogP contribution in [0.1, 0.15) is 11.3 Å². The van der Waals surface area contributed by atoms with Crippen LogP contribution in [0.2, 0.25) is 0 Å². The summed E-state index contributed by atoms with van der Waals surface area (Å²) in [4.78, 5) is 8.26. The van der Waals surface area contributed by atoms with Gasteiger partial charge in [0.05, 0.1) is 29.5 Å². The van der Waals surface area contributed by atoms with Gasteiger partial charge in [0.25, 0.3) is 0 Å². The number of rotatable bonds is 4. The van der Waals surface area contributed by atoms with Crippen molar-refractivity contribution in [2.24, 2.45) is 0 Å². The molecule has 112 valence electrons. The minimum absolute atomic E-state index is 0.0831. The maximum atomic E-state index is 12.5. The van der Waals surface area contributed by atoms with Gasteiger partial charge in [-0.1, -0.05) is 22.9 Å². The van der Waals surface area contributed by atoms with Crippen LogP contribution in [0.5, 0.6) is 0 Å². The monoisotopic (exact) mass is 315 g/mol. The summed E-state index contributed by atoms with van der Waals surface area (Å²) in [6.45, 7) is 2.21. The van der Waals surface area contributed by atoms with Gasteiger partial charge in [-0.25, -0.2) is 13.1 Å². The summed E-state index contributed by atoms with van der Waals surface area (Å²) >= 11 is 0. The lowest BCUT2D eigenvalue weighted by Gasteiger charge is -2.01. The third-order valence-corrected chi connectivity index (χ3v) is 4.70. The molecule has 0 aliphatic heterocycles. The summed E-state index contributed by atoms with van der Waals surface area (Å²) in [5.74, 6) is 0. The van der Waals surface area contributed by atoms with E-state index >= 15 is 0 Å². The molecule has 1 aromatic carbocycles. The van der Waals surface area contributed by atoms with E-state index in [9.17, 15) is 8.42 Å². The largest absolute Gasteiger partial charge is 0.261 e. The third-order valence-electron chi connectivity index (χ3n) is 3.06. The van der Waals surface area contributed by atoms with Crippen molar-refractivity contribution in [2.75, 3.05) is 0 Å². The Bertz CT molecular complexity index is 873. The zero-order valence-electron chi connectivity index (χ0n) is 11.8. The maximum Gasteiger partial charge on any atom is 0.227 e. The molecule has 0 fully saturated rings. The first kappa shape index (κ1) is 14.3. The Morgan fingerprint density at radius 2 is 1.91 bits per heavy atom. The van der Waals surface area contributed by atoms with E-state index in [2.05, 4.69) is 20.3 Å². The van der Waals surface area contributed by atoms with Crippen molar-refractivity contribution in [1.29, 1.82) is 0 Å². The van der Waals surface area contributed by atoms with E-state index in [1.54, 1.807) is 42.9 Å². The maximum absolute atomic E-state index is 12.5. The average Bonchev–Trinajstić information content (AvgIpc) is 2.98. The molecule has 7 nitrogen and oxygen atoms in total. The smallest absolute Gasteiger partial charge is 0.227 e. The molecule has 0 bridgehead atoms. The summed E-state index contributed by atoms with van der Waals surface area (Å²) in [7, 11) is -3.66. The second-order valence-corrected chi connectivity index (χ2v) is 6.66. The molecule has 0 N–H and O–H groups in total. The van der Waals surface area contributed by atoms with E-state index in [1.807, 2.05) is 6.92 Å². The fourth-order valence-electron chi connectivity index (χ4n) is 1.90. The molecular weight excluding hydrogens is 302 g/mol. The topological polar surface area (TPSA) is 90.6 Å². The molecule has 0 saturated carbocycles. The minimum atomic E-state index is -3.66. The number of aryl methyl sites for hydroxylation is 1. The Hall–Kier alpha value is -2.61. The first-order valence-corrected chi connectivity index (χ1v) is 8.01. The molecule has 22 heavy (non-hydrogen) atoms. The Morgan fingerprint density at radius 3 is 2.59 bits per heavy atom. The van der Waals surface area contributed by atoms with E-state index < -0.39 is 9.84 Å². The van der Waals surface area contributed by atoms with Crippen LogP contribution in [-0.2, 0) is 16.4 Å². The number of benzene rings is 1. The van der Waals surface area contributed by atoms with Gasteiger partial charge in [0.1, 0.15) is 0 Å². The fourth-order valence-corrected chi connectivity index (χ4v) is 3.04. The van der Waals surface area contributed by atoms with Gasteiger partial charge in [-0.2, -0.15) is 0 Å². The lowest BCUT2D eigenvalue weighted by molar-refractivity contribution is 0.591. The van der Waals surface area contributed by atoms with Crippen LogP contribution in [0.25, 0.3) is 0 Å². The normalized spacial score (nSPS) is 11.5. The zero-order valence-corrected chi connectivity index (χ0v) is 12.6. The Kier molecular flexibility index (Phi) is 3.68. The van der Waals surface area contributed by atoms with Crippen molar-refractivity contribution in [1.82, 2.24) is 25.0 Å². The summed E-state index contributed by atoms with van der Waals surface area (Å²) in [6.07, 6.45) is 6.12. The van der Waals surface area contributed by atoms with Crippen LogP contribution in [-0.4, -0.2) is 33.4 Å². The van der Waals surface area contributed by atoms with Crippen LogP contribution >= 0.6 is 0 Å². The van der Waals surface area contributed by atoms with Crippen LogP contribution < -0.4 is 0 Å². The Balaban J connectivity index is 1.88. The number of hydrogen-bond donors (Lipinski definition) is 0. The molecule has 0 radical (unpaired) electrons. The molecule has 0 amide bonds. The molecule has 0 unspecified atom stereocenters. The van der Waals surface area contributed by atoms with E-state index in [0.29, 0.717) is 12.2 Å². The number of hydrogen-bond acceptors (Lipinski definition) is 6. The van der Waals surface area contributed by atoms with Crippen LogP contribution in [0.15, 0.2) is 59.0 Å². The van der Waals surface area contributed by atoms with E-state index in [1.165, 1.54) is 10.9 Å². The van der Waals surface area contributed by atoms with Gasteiger partial charge in [0.2, 0.25) is 14.9 Å². The van der Waals surface area contributed by atoms with Crippen molar-refractivity contribution in [3.8, 4) is 0 Å². The molecule has 0 spiro atoms. The zero-order chi connectivity index (χ0) is 15.6. The van der Waals surface area contributed by atoms with Gasteiger partial charge in [-0.15, -0.1) is 5.10 Å².